The number of thiophene rings is 1. The van der Waals surface area contributed by atoms with Gasteiger partial charge < -0.3 is 10.1 Å². The van der Waals surface area contributed by atoms with E-state index < -0.39 is 0 Å². The van der Waals surface area contributed by atoms with Gasteiger partial charge in [-0.1, -0.05) is 0 Å². The summed E-state index contributed by atoms with van der Waals surface area (Å²) in [6, 6.07) is 10.7. The summed E-state index contributed by atoms with van der Waals surface area (Å²) in [5, 5.41) is 13.9. The molecule has 106 valence electrons. The van der Waals surface area contributed by atoms with Crippen LogP contribution in [0.2, 0.25) is 0 Å². The summed E-state index contributed by atoms with van der Waals surface area (Å²) in [6.45, 7) is 2.32. The largest absolute Gasteiger partial charge is 0.383 e. The van der Waals surface area contributed by atoms with E-state index in [0.29, 0.717) is 6.61 Å². The molecule has 0 aliphatic rings. The Morgan fingerprint density at radius 1 is 1.25 bits per heavy atom. The molecule has 0 saturated heterocycles. The van der Waals surface area contributed by atoms with Gasteiger partial charge in [0.15, 0.2) is 0 Å². The number of hydrogen-bond acceptors (Lipinski definition) is 5. The van der Waals surface area contributed by atoms with Crippen molar-refractivity contribution in [1.29, 1.82) is 0 Å². The highest BCUT2D eigenvalue weighted by atomic mass is 32.1. The molecule has 5 nitrogen and oxygen atoms in total. The minimum Gasteiger partial charge on any atom is -0.383 e. The van der Waals surface area contributed by atoms with Crippen LogP contribution in [0, 0.1) is 10.1 Å². The fourth-order valence-electron chi connectivity index (χ4n) is 1.76. The molecular weight excluding hydrogens is 276 g/mol. The molecule has 0 unspecified atom stereocenters. The zero-order valence-corrected chi connectivity index (χ0v) is 12.0. The van der Waals surface area contributed by atoms with Gasteiger partial charge in [0.1, 0.15) is 0 Å². The van der Waals surface area contributed by atoms with Gasteiger partial charge in [-0.25, -0.2) is 0 Å². The average molecular weight is 292 g/mol. The van der Waals surface area contributed by atoms with Crippen LogP contribution in [0.1, 0.15) is 4.88 Å². The number of benzene rings is 1. The second-order valence-corrected chi connectivity index (χ2v) is 5.41. The number of rotatable bonds is 7. The van der Waals surface area contributed by atoms with Crippen LogP contribution in [0.15, 0.2) is 36.4 Å². The number of hydrogen-bond donors (Lipinski definition) is 1. The molecule has 6 heteroatoms. The number of methoxy groups -OCH3 is 1. The van der Waals surface area contributed by atoms with E-state index in [9.17, 15) is 10.1 Å². The molecule has 0 radical (unpaired) electrons. The smallest absolute Gasteiger partial charge is 0.269 e. The Hall–Kier alpha value is -1.76. The SMILES string of the molecule is COCCNCc1ccc(-c2ccc([N+](=O)[O-])cc2)s1. The molecule has 20 heavy (non-hydrogen) atoms. The number of non-ortho nitro benzene ring substituents is 1. The van der Waals surface area contributed by atoms with Crippen molar-refractivity contribution >= 4 is 17.0 Å². The highest BCUT2D eigenvalue weighted by molar-refractivity contribution is 7.15. The van der Waals surface area contributed by atoms with Crippen molar-refractivity contribution in [2.24, 2.45) is 0 Å². The normalized spacial score (nSPS) is 10.7. The van der Waals surface area contributed by atoms with Crippen molar-refractivity contribution in [3.63, 3.8) is 0 Å². The van der Waals surface area contributed by atoms with Crippen LogP contribution in [-0.4, -0.2) is 25.2 Å². The van der Waals surface area contributed by atoms with Gasteiger partial charge in [0, 0.05) is 42.1 Å². The maximum Gasteiger partial charge on any atom is 0.269 e. The zero-order valence-electron chi connectivity index (χ0n) is 11.2. The third-order valence-corrected chi connectivity index (χ3v) is 3.94. The fourth-order valence-corrected chi connectivity index (χ4v) is 2.74. The molecule has 0 bridgehead atoms. The topological polar surface area (TPSA) is 64.4 Å². The summed E-state index contributed by atoms with van der Waals surface area (Å²) in [5.74, 6) is 0. The predicted molar refractivity (Wildman–Crippen MR) is 80.0 cm³/mol. The molecule has 0 amide bonds. The minimum atomic E-state index is -0.386. The van der Waals surface area contributed by atoms with E-state index in [1.807, 2.05) is 6.07 Å². The summed E-state index contributed by atoms with van der Waals surface area (Å²) >= 11 is 1.69. The maximum absolute atomic E-state index is 10.6. The lowest BCUT2D eigenvalue weighted by Crippen LogP contribution is -2.17. The first-order valence-electron chi connectivity index (χ1n) is 6.24. The van der Waals surface area contributed by atoms with Gasteiger partial charge in [-0.15, -0.1) is 11.3 Å². The molecule has 2 aromatic rings. The summed E-state index contributed by atoms with van der Waals surface area (Å²) in [6.07, 6.45) is 0. The number of nitrogens with zero attached hydrogens (tertiary/aromatic N) is 1. The van der Waals surface area contributed by atoms with E-state index in [2.05, 4.69) is 11.4 Å². The van der Waals surface area contributed by atoms with Gasteiger partial charge in [-0.3, -0.25) is 10.1 Å². The molecule has 0 fully saturated rings. The number of nitrogens with one attached hydrogen (secondary N) is 1. The Labute approximate surface area is 121 Å². The number of ether oxygens (including phenoxy) is 1. The van der Waals surface area contributed by atoms with E-state index in [0.717, 1.165) is 23.5 Å². The Morgan fingerprint density at radius 2 is 2.00 bits per heavy atom. The Kier molecular flexibility index (Phi) is 5.23. The van der Waals surface area contributed by atoms with Crippen LogP contribution < -0.4 is 5.32 Å². The molecule has 0 aliphatic carbocycles. The van der Waals surface area contributed by atoms with E-state index in [-0.39, 0.29) is 10.6 Å². The molecular formula is C14H16N2O3S. The van der Waals surface area contributed by atoms with Gasteiger partial charge in [-0.2, -0.15) is 0 Å². The first-order chi connectivity index (χ1) is 9.70. The van der Waals surface area contributed by atoms with Crippen LogP contribution in [0.25, 0.3) is 10.4 Å². The van der Waals surface area contributed by atoms with E-state index in [1.165, 1.54) is 17.0 Å². The van der Waals surface area contributed by atoms with Gasteiger partial charge in [-0.05, 0) is 29.8 Å². The van der Waals surface area contributed by atoms with Crippen LogP contribution in [0.3, 0.4) is 0 Å². The summed E-state index contributed by atoms with van der Waals surface area (Å²) in [4.78, 5) is 12.6. The lowest BCUT2D eigenvalue weighted by atomic mass is 10.2. The van der Waals surface area contributed by atoms with Gasteiger partial charge in [0.05, 0.1) is 11.5 Å². The third-order valence-electron chi connectivity index (χ3n) is 2.81. The molecule has 1 N–H and O–H groups in total. The van der Waals surface area contributed by atoms with Crippen LogP contribution in [0.5, 0.6) is 0 Å². The van der Waals surface area contributed by atoms with Gasteiger partial charge in [0.2, 0.25) is 0 Å². The Morgan fingerprint density at radius 3 is 2.65 bits per heavy atom. The second kappa shape index (κ2) is 7.14. The van der Waals surface area contributed by atoms with Crippen molar-refractivity contribution < 1.29 is 9.66 Å². The lowest BCUT2D eigenvalue weighted by Gasteiger charge is -2.01. The van der Waals surface area contributed by atoms with Crippen molar-refractivity contribution in [2.45, 2.75) is 6.54 Å². The third kappa shape index (κ3) is 3.86. The molecule has 1 heterocycles. The number of nitro groups is 1. The van der Waals surface area contributed by atoms with Crippen molar-refractivity contribution in [3.05, 3.63) is 51.4 Å². The van der Waals surface area contributed by atoms with Crippen LogP contribution in [-0.2, 0) is 11.3 Å². The predicted octanol–water partition coefficient (Wildman–Crippen LogP) is 3.06. The van der Waals surface area contributed by atoms with Crippen molar-refractivity contribution in [1.82, 2.24) is 5.32 Å². The molecule has 0 spiro atoms. The molecule has 2 rings (SSSR count). The first-order valence-corrected chi connectivity index (χ1v) is 7.05. The van der Waals surface area contributed by atoms with E-state index >= 15 is 0 Å². The maximum atomic E-state index is 10.6. The second-order valence-electron chi connectivity index (χ2n) is 4.24. The molecule has 1 aromatic heterocycles. The number of nitro benzene ring substituents is 1. The minimum absolute atomic E-state index is 0.117. The monoisotopic (exact) mass is 292 g/mol. The van der Waals surface area contributed by atoms with Crippen LogP contribution >= 0.6 is 11.3 Å². The molecule has 1 aromatic carbocycles. The quantitative estimate of drug-likeness (QED) is 0.484. The zero-order chi connectivity index (χ0) is 14.4. The first kappa shape index (κ1) is 14.6. The Balaban J connectivity index is 1.99. The molecule has 0 saturated carbocycles. The van der Waals surface area contributed by atoms with E-state index in [1.54, 1.807) is 30.6 Å². The van der Waals surface area contributed by atoms with E-state index in [4.69, 9.17) is 4.74 Å². The molecule has 0 aliphatic heterocycles. The lowest BCUT2D eigenvalue weighted by molar-refractivity contribution is -0.384. The van der Waals surface area contributed by atoms with Gasteiger partial charge >= 0.3 is 0 Å². The van der Waals surface area contributed by atoms with Crippen LogP contribution in [0.4, 0.5) is 5.69 Å². The average Bonchev–Trinajstić information content (AvgIpc) is 2.92. The van der Waals surface area contributed by atoms with Crippen molar-refractivity contribution in [2.75, 3.05) is 20.3 Å². The highest BCUT2D eigenvalue weighted by Gasteiger charge is 2.07. The van der Waals surface area contributed by atoms with Crippen molar-refractivity contribution in [3.8, 4) is 10.4 Å². The Bertz CT molecular complexity index is 566. The van der Waals surface area contributed by atoms with Gasteiger partial charge in [0.25, 0.3) is 5.69 Å². The highest BCUT2D eigenvalue weighted by Crippen LogP contribution is 2.29. The fraction of sp³-hybridized carbons (Fsp3) is 0.286. The summed E-state index contributed by atoms with van der Waals surface area (Å²) < 4.78 is 4.97. The molecule has 0 atom stereocenters. The standard InChI is InChI=1S/C14H16N2O3S/c1-19-9-8-15-10-13-6-7-14(20-13)11-2-4-12(5-3-11)16(17)18/h2-7,15H,8-10H2,1H3. The summed E-state index contributed by atoms with van der Waals surface area (Å²) in [7, 11) is 1.68. The summed E-state index contributed by atoms with van der Waals surface area (Å²) in [5.41, 5.74) is 1.12.